The van der Waals surface area contributed by atoms with Crippen LogP contribution in [0.2, 0.25) is 0 Å². The number of nitrogens with zero attached hydrogens (tertiary/aromatic N) is 1. The molecular formula is C13H7F6NS. The molecule has 0 saturated carbocycles. The third-order valence-electron chi connectivity index (χ3n) is 2.52. The fourth-order valence-electron chi connectivity index (χ4n) is 1.59. The first-order chi connectivity index (χ1) is 9.68. The Balaban J connectivity index is 2.43. The first-order valence-electron chi connectivity index (χ1n) is 5.52. The number of rotatable bonds is 2. The molecule has 0 fully saturated rings. The average molecular weight is 323 g/mol. The maximum absolute atomic E-state index is 12.7. The third-order valence-corrected chi connectivity index (χ3v) is 3.22. The molecule has 0 bridgehead atoms. The highest BCUT2D eigenvalue weighted by molar-refractivity contribution is 7.08. The maximum atomic E-state index is 12.7. The molecular weight excluding hydrogens is 316 g/mol. The van der Waals surface area contributed by atoms with Gasteiger partial charge in [0.05, 0.1) is 16.8 Å². The summed E-state index contributed by atoms with van der Waals surface area (Å²) in [6.07, 6.45) is -8.88. The fourth-order valence-corrected chi connectivity index (χ4v) is 2.20. The van der Waals surface area contributed by atoms with Crippen LogP contribution in [0.25, 0.3) is 0 Å². The second kappa shape index (κ2) is 5.51. The van der Waals surface area contributed by atoms with Crippen LogP contribution in [0.1, 0.15) is 16.7 Å². The van der Waals surface area contributed by atoms with Crippen LogP contribution in [0.15, 0.2) is 40.0 Å². The topological polar surface area (TPSA) is 12.4 Å². The van der Waals surface area contributed by atoms with Crippen molar-refractivity contribution in [2.24, 2.45) is 4.99 Å². The molecule has 112 valence electrons. The van der Waals surface area contributed by atoms with Gasteiger partial charge >= 0.3 is 12.4 Å². The van der Waals surface area contributed by atoms with Gasteiger partial charge in [0.2, 0.25) is 0 Å². The van der Waals surface area contributed by atoms with Crippen LogP contribution in [0.3, 0.4) is 0 Å². The van der Waals surface area contributed by atoms with Crippen LogP contribution in [0.4, 0.5) is 32.0 Å². The van der Waals surface area contributed by atoms with Crippen molar-refractivity contribution in [2.75, 3.05) is 0 Å². The lowest BCUT2D eigenvalue weighted by Gasteiger charge is -2.15. The van der Waals surface area contributed by atoms with E-state index in [4.69, 9.17) is 0 Å². The Morgan fingerprint density at radius 3 is 2.10 bits per heavy atom. The van der Waals surface area contributed by atoms with Crippen LogP contribution < -0.4 is 0 Å². The van der Waals surface area contributed by atoms with E-state index in [1.54, 1.807) is 16.8 Å². The molecule has 0 radical (unpaired) electrons. The minimum absolute atomic E-state index is 0.193. The molecule has 0 saturated heterocycles. The highest BCUT2D eigenvalue weighted by atomic mass is 32.1. The Labute approximate surface area is 119 Å². The van der Waals surface area contributed by atoms with Crippen molar-refractivity contribution in [3.8, 4) is 0 Å². The normalized spacial score (nSPS) is 13.0. The van der Waals surface area contributed by atoms with E-state index in [0.29, 0.717) is 17.7 Å². The van der Waals surface area contributed by atoms with Crippen molar-refractivity contribution in [1.29, 1.82) is 0 Å². The fraction of sp³-hybridized carbons (Fsp3) is 0.154. The molecule has 0 spiro atoms. The second-order valence-corrected chi connectivity index (χ2v) is 4.82. The standard InChI is InChI=1S/C13H7F6NS/c14-12(15,16)10-2-1-9(5-11(10)13(17,18)19)20-6-8-3-4-21-7-8/h1-7H. The van der Waals surface area contributed by atoms with Gasteiger partial charge in [-0.15, -0.1) is 0 Å². The summed E-state index contributed by atoms with van der Waals surface area (Å²) in [5.74, 6) is 0. The first-order valence-corrected chi connectivity index (χ1v) is 6.47. The molecule has 2 aromatic rings. The van der Waals surface area contributed by atoms with E-state index in [1.807, 2.05) is 0 Å². The molecule has 0 atom stereocenters. The van der Waals surface area contributed by atoms with Crippen LogP contribution in [0.5, 0.6) is 0 Å². The Morgan fingerprint density at radius 1 is 0.905 bits per heavy atom. The molecule has 0 unspecified atom stereocenters. The highest BCUT2D eigenvalue weighted by Crippen LogP contribution is 2.41. The van der Waals surface area contributed by atoms with Crippen molar-refractivity contribution < 1.29 is 26.3 Å². The lowest BCUT2D eigenvalue weighted by atomic mass is 10.1. The van der Waals surface area contributed by atoms with E-state index >= 15 is 0 Å². The van der Waals surface area contributed by atoms with E-state index in [0.717, 1.165) is 6.07 Å². The molecule has 21 heavy (non-hydrogen) atoms. The predicted molar refractivity (Wildman–Crippen MR) is 68.0 cm³/mol. The predicted octanol–water partition coefficient (Wildman–Crippen LogP) is 5.54. The van der Waals surface area contributed by atoms with Crippen LogP contribution >= 0.6 is 11.3 Å². The largest absolute Gasteiger partial charge is 0.417 e. The van der Waals surface area contributed by atoms with Gasteiger partial charge in [-0.3, -0.25) is 4.99 Å². The summed E-state index contributed by atoms with van der Waals surface area (Å²) >= 11 is 1.37. The third kappa shape index (κ3) is 3.84. The second-order valence-electron chi connectivity index (χ2n) is 4.04. The van der Waals surface area contributed by atoms with Gasteiger partial charge < -0.3 is 0 Å². The lowest BCUT2D eigenvalue weighted by molar-refractivity contribution is -0.162. The zero-order valence-corrected chi connectivity index (χ0v) is 11.0. The molecule has 0 aliphatic heterocycles. The van der Waals surface area contributed by atoms with Gasteiger partial charge in [0.15, 0.2) is 0 Å². The molecule has 1 aromatic carbocycles. The lowest BCUT2D eigenvalue weighted by Crippen LogP contribution is -2.16. The smallest absolute Gasteiger partial charge is 0.256 e. The molecule has 0 N–H and O–H groups in total. The van der Waals surface area contributed by atoms with Gasteiger partial charge in [-0.2, -0.15) is 37.7 Å². The van der Waals surface area contributed by atoms with Crippen molar-refractivity contribution in [3.05, 3.63) is 51.7 Å². The van der Waals surface area contributed by atoms with Crippen LogP contribution in [0, 0.1) is 0 Å². The zero-order chi connectivity index (χ0) is 15.7. The number of halogens is 6. The molecule has 0 aliphatic rings. The average Bonchev–Trinajstić information content (AvgIpc) is 2.87. The van der Waals surface area contributed by atoms with E-state index in [2.05, 4.69) is 4.99 Å². The minimum atomic E-state index is -5.10. The molecule has 8 heteroatoms. The summed E-state index contributed by atoms with van der Waals surface area (Å²) in [6.45, 7) is 0. The number of hydrogen-bond donors (Lipinski definition) is 0. The van der Waals surface area contributed by atoms with Gasteiger partial charge in [-0.1, -0.05) is 0 Å². The van der Waals surface area contributed by atoms with Crippen molar-refractivity contribution in [2.45, 2.75) is 12.4 Å². The summed E-state index contributed by atoms with van der Waals surface area (Å²) < 4.78 is 75.9. The minimum Gasteiger partial charge on any atom is -0.256 e. The number of alkyl halides is 6. The Bertz CT molecular complexity index is 640. The monoisotopic (exact) mass is 323 g/mol. The SMILES string of the molecule is FC(F)(F)c1ccc(N=Cc2ccsc2)cc1C(F)(F)F. The summed E-state index contributed by atoms with van der Waals surface area (Å²) in [4.78, 5) is 3.76. The van der Waals surface area contributed by atoms with Gasteiger partial charge in [0.25, 0.3) is 0 Å². The molecule has 1 heterocycles. The number of thiophene rings is 1. The van der Waals surface area contributed by atoms with Crippen molar-refractivity contribution in [3.63, 3.8) is 0 Å². The van der Waals surface area contributed by atoms with Gasteiger partial charge in [-0.05, 0) is 35.0 Å². The summed E-state index contributed by atoms with van der Waals surface area (Å²) in [5.41, 5.74) is -2.99. The first kappa shape index (κ1) is 15.6. The maximum Gasteiger partial charge on any atom is 0.417 e. The van der Waals surface area contributed by atoms with E-state index in [1.165, 1.54) is 17.6 Å². The number of benzene rings is 1. The molecule has 2 rings (SSSR count). The van der Waals surface area contributed by atoms with Crippen LogP contribution in [-0.4, -0.2) is 6.21 Å². The van der Waals surface area contributed by atoms with Gasteiger partial charge in [-0.25, -0.2) is 0 Å². The molecule has 1 nitrogen and oxygen atoms in total. The Hall–Kier alpha value is -1.83. The van der Waals surface area contributed by atoms with E-state index in [9.17, 15) is 26.3 Å². The summed E-state index contributed by atoms with van der Waals surface area (Å²) in [6, 6.07) is 3.37. The van der Waals surface area contributed by atoms with Crippen molar-refractivity contribution >= 4 is 23.2 Å². The van der Waals surface area contributed by atoms with Crippen LogP contribution in [-0.2, 0) is 12.4 Å². The Morgan fingerprint density at radius 2 is 1.57 bits per heavy atom. The molecule has 1 aromatic heterocycles. The summed E-state index contributed by atoms with van der Waals surface area (Å²) in [5, 5.41) is 3.45. The highest BCUT2D eigenvalue weighted by Gasteiger charge is 2.43. The summed E-state index contributed by atoms with van der Waals surface area (Å²) in [7, 11) is 0. The van der Waals surface area contributed by atoms with Gasteiger partial charge in [0.1, 0.15) is 0 Å². The van der Waals surface area contributed by atoms with E-state index in [-0.39, 0.29) is 5.69 Å². The molecule has 0 aliphatic carbocycles. The van der Waals surface area contributed by atoms with Gasteiger partial charge in [0, 0.05) is 11.8 Å². The molecule has 0 amide bonds. The van der Waals surface area contributed by atoms with Crippen molar-refractivity contribution in [1.82, 2.24) is 0 Å². The quantitative estimate of drug-likeness (QED) is 0.508. The zero-order valence-electron chi connectivity index (χ0n) is 10.2. The van der Waals surface area contributed by atoms with E-state index < -0.39 is 23.5 Å². The number of aliphatic imine (C=N–C) groups is 1. The Kier molecular flexibility index (Phi) is 4.08. The number of hydrogen-bond acceptors (Lipinski definition) is 2.